The van der Waals surface area contributed by atoms with Gasteiger partial charge in [0.05, 0.1) is 22.6 Å². The fourth-order valence-electron chi connectivity index (χ4n) is 2.22. The summed E-state index contributed by atoms with van der Waals surface area (Å²) in [6, 6.07) is 1.72. The van der Waals surface area contributed by atoms with E-state index < -0.39 is 11.1 Å². The fraction of sp³-hybridized carbons (Fsp3) is 0.462. The van der Waals surface area contributed by atoms with E-state index in [2.05, 4.69) is 15.0 Å². The Kier molecular flexibility index (Phi) is 2.45. The molecule has 0 unspecified atom stereocenters. The monoisotopic (exact) mass is 274 g/mol. The van der Waals surface area contributed by atoms with Crippen LogP contribution in [0.3, 0.4) is 0 Å². The summed E-state index contributed by atoms with van der Waals surface area (Å²) < 4.78 is 0. The molecule has 0 aliphatic carbocycles. The summed E-state index contributed by atoms with van der Waals surface area (Å²) in [6.07, 6.45) is 3.19. The quantitative estimate of drug-likeness (QED) is 0.740. The SMILES string of the molecule is CC1(C)N([O])/C(=C2/N=c3ccncc3=N2)N(O)C1(C)C. The zero-order valence-corrected chi connectivity index (χ0v) is 11.8. The van der Waals surface area contributed by atoms with E-state index in [4.69, 9.17) is 0 Å². The van der Waals surface area contributed by atoms with Crippen LogP contribution in [0.4, 0.5) is 0 Å². The molecule has 0 spiro atoms. The summed E-state index contributed by atoms with van der Waals surface area (Å²) >= 11 is 0. The zero-order chi connectivity index (χ0) is 14.7. The van der Waals surface area contributed by atoms with Gasteiger partial charge in [-0.25, -0.2) is 15.0 Å². The van der Waals surface area contributed by atoms with Crippen LogP contribution in [0.25, 0.3) is 0 Å². The third kappa shape index (κ3) is 1.44. The van der Waals surface area contributed by atoms with Gasteiger partial charge in [-0.1, -0.05) is 5.21 Å². The van der Waals surface area contributed by atoms with Crippen LogP contribution in [0.15, 0.2) is 40.1 Å². The second kappa shape index (κ2) is 3.77. The highest BCUT2D eigenvalue weighted by molar-refractivity contribution is 5.24. The highest BCUT2D eigenvalue weighted by Crippen LogP contribution is 2.44. The van der Waals surface area contributed by atoms with Crippen molar-refractivity contribution in [3.63, 3.8) is 0 Å². The van der Waals surface area contributed by atoms with E-state index in [0.717, 1.165) is 10.1 Å². The van der Waals surface area contributed by atoms with Gasteiger partial charge in [-0.15, -0.1) is 0 Å². The molecule has 7 nitrogen and oxygen atoms in total. The first kappa shape index (κ1) is 13.0. The molecule has 105 valence electrons. The number of hydrogen-bond acceptors (Lipinski definition) is 6. The average molecular weight is 274 g/mol. The summed E-state index contributed by atoms with van der Waals surface area (Å²) in [6.45, 7) is 7.16. The normalized spacial score (nSPS) is 26.3. The Morgan fingerprint density at radius 2 is 1.75 bits per heavy atom. The molecule has 1 aromatic rings. The molecule has 3 rings (SSSR count). The molecule has 20 heavy (non-hydrogen) atoms. The van der Waals surface area contributed by atoms with Crippen LogP contribution in [-0.4, -0.2) is 31.4 Å². The van der Waals surface area contributed by atoms with Crippen LogP contribution in [0.5, 0.6) is 0 Å². The minimum absolute atomic E-state index is 0.0659. The number of rotatable bonds is 0. The molecule has 0 aromatic carbocycles. The topological polar surface area (TPSA) is 84.2 Å². The van der Waals surface area contributed by atoms with E-state index in [0.29, 0.717) is 10.7 Å². The van der Waals surface area contributed by atoms with E-state index in [-0.39, 0.29) is 11.6 Å². The Labute approximate surface area is 116 Å². The van der Waals surface area contributed by atoms with Crippen molar-refractivity contribution < 1.29 is 10.4 Å². The first-order valence-electron chi connectivity index (χ1n) is 6.35. The van der Waals surface area contributed by atoms with Crippen LogP contribution in [0, 0.1) is 0 Å². The van der Waals surface area contributed by atoms with Crippen LogP contribution < -0.4 is 10.7 Å². The highest BCUT2D eigenvalue weighted by atomic mass is 16.6. The maximum absolute atomic E-state index is 12.5. The Bertz CT molecular complexity index is 664. The molecule has 7 heteroatoms. The molecule has 1 fully saturated rings. The van der Waals surface area contributed by atoms with Gasteiger partial charge in [-0.05, 0) is 33.8 Å². The molecular weight excluding hydrogens is 258 g/mol. The fourth-order valence-corrected chi connectivity index (χ4v) is 2.22. The van der Waals surface area contributed by atoms with Crippen LogP contribution in [0.1, 0.15) is 27.7 Å². The summed E-state index contributed by atoms with van der Waals surface area (Å²) in [5, 5.41) is 25.8. The number of fused-ring (bicyclic) bond motifs is 1. The standard InChI is InChI=1S/C13H16N5O2/c1-12(2)13(3,4)18(20)11(17(12)19)10-15-8-5-6-14-7-9(8)16-10/h5-7,19H,1-4H3/b11-10-. The van der Waals surface area contributed by atoms with E-state index >= 15 is 0 Å². The van der Waals surface area contributed by atoms with Crippen molar-refractivity contribution in [2.45, 2.75) is 38.8 Å². The van der Waals surface area contributed by atoms with Crippen LogP contribution >= 0.6 is 0 Å². The largest absolute Gasteiger partial charge is 0.286 e. The number of hydrogen-bond donors (Lipinski definition) is 1. The van der Waals surface area contributed by atoms with Gasteiger partial charge in [0.25, 0.3) is 0 Å². The first-order valence-corrected chi connectivity index (χ1v) is 6.35. The Morgan fingerprint density at radius 1 is 1.10 bits per heavy atom. The van der Waals surface area contributed by atoms with Crippen LogP contribution in [0.2, 0.25) is 0 Å². The van der Waals surface area contributed by atoms with Gasteiger partial charge < -0.3 is 0 Å². The molecule has 1 N–H and O–H groups in total. The van der Waals surface area contributed by atoms with Crippen molar-refractivity contribution in [3.05, 3.63) is 40.8 Å². The molecule has 0 saturated carbocycles. The molecule has 1 aromatic heterocycles. The molecule has 2 aliphatic rings. The van der Waals surface area contributed by atoms with Gasteiger partial charge >= 0.3 is 0 Å². The number of hydroxylamine groups is 4. The Hall–Kier alpha value is -1.99. The minimum atomic E-state index is -0.803. The number of nitrogens with zero attached hydrogens (tertiary/aromatic N) is 5. The van der Waals surface area contributed by atoms with Crippen molar-refractivity contribution in [1.82, 2.24) is 15.1 Å². The van der Waals surface area contributed by atoms with Crippen molar-refractivity contribution in [2.24, 2.45) is 9.98 Å². The lowest BCUT2D eigenvalue weighted by molar-refractivity contribution is -0.182. The second-order valence-corrected chi connectivity index (χ2v) is 5.96. The van der Waals surface area contributed by atoms with Gasteiger partial charge in [0.1, 0.15) is 5.36 Å². The van der Waals surface area contributed by atoms with E-state index in [1.165, 1.54) is 0 Å². The minimum Gasteiger partial charge on any atom is -0.286 e. The van der Waals surface area contributed by atoms with Crippen molar-refractivity contribution >= 4 is 0 Å². The maximum Gasteiger partial charge on any atom is 0.202 e. The number of aromatic nitrogens is 1. The predicted octanol–water partition coefficient (Wildman–Crippen LogP) is 0.371. The average Bonchev–Trinajstić information content (AvgIpc) is 2.85. The van der Waals surface area contributed by atoms with Gasteiger partial charge in [0.2, 0.25) is 5.82 Å². The third-order valence-corrected chi connectivity index (χ3v) is 4.36. The molecular formula is C13H16N5O2. The molecule has 3 heterocycles. The summed E-state index contributed by atoms with van der Waals surface area (Å²) in [5.41, 5.74) is -1.56. The number of pyridine rings is 1. The van der Waals surface area contributed by atoms with E-state index in [1.807, 2.05) is 0 Å². The summed E-state index contributed by atoms with van der Waals surface area (Å²) in [4.78, 5) is 12.5. The van der Waals surface area contributed by atoms with Crippen molar-refractivity contribution in [2.75, 3.05) is 0 Å². The summed E-state index contributed by atoms with van der Waals surface area (Å²) in [7, 11) is 0. The molecule has 1 saturated heterocycles. The van der Waals surface area contributed by atoms with Crippen molar-refractivity contribution in [3.8, 4) is 0 Å². The Morgan fingerprint density at radius 3 is 2.30 bits per heavy atom. The molecule has 2 aliphatic heterocycles. The second-order valence-electron chi connectivity index (χ2n) is 5.96. The maximum atomic E-state index is 12.5. The van der Waals surface area contributed by atoms with Gasteiger partial charge in [0, 0.05) is 6.20 Å². The Balaban J connectivity index is 2.22. The van der Waals surface area contributed by atoms with E-state index in [1.54, 1.807) is 46.2 Å². The lowest BCUT2D eigenvalue weighted by atomic mass is 9.84. The molecule has 0 bridgehead atoms. The summed E-state index contributed by atoms with van der Waals surface area (Å²) in [5.74, 6) is 0.278. The van der Waals surface area contributed by atoms with Gasteiger partial charge in [0.15, 0.2) is 5.82 Å². The smallest absolute Gasteiger partial charge is 0.202 e. The van der Waals surface area contributed by atoms with Gasteiger partial charge in [-0.3, -0.25) is 10.2 Å². The molecule has 1 radical (unpaired) electrons. The third-order valence-electron chi connectivity index (χ3n) is 4.36. The lowest BCUT2D eigenvalue weighted by Crippen LogP contribution is -2.52. The zero-order valence-electron chi connectivity index (χ0n) is 11.8. The van der Waals surface area contributed by atoms with Gasteiger partial charge in [-0.2, -0.15) is 5.06 Å². The molecule has 0 atom stereocenters. The van der Waals surface area contributed by atoms with Crippen LogP contribution in [-0.2, 0) is 5.21 Å². The van der Waals surface area contributed by atoms with Crippen molar-refractivity contribution in [1.29, 1.82) is 0 Å². The lowest BCUT2D eigenvalue weighted by Gasteiger charge is -2.36. The van der Waals surface area contributed by atoms with E-state index in [9.17, 15) is 10.4 Å². The molecule has 0 amide bonds. The predicted molar refractivity (Wildman–Crippen MR) is 67.9 cm³/mol. The first-order chi connectivity index (χ1) is 9.26. The highest BCUT2D eigenvalue weighted by Gasteiger charge is 2.57.